The summed E-state index contributed by atoms with van der Waals surface area (Å²) in [6, 6.07) is 4.30. The van der Waals surface area contributed by atoms with Crippen molar-refractivity contribution in [3.63, 3.8) is 0 Å². The topological polar surface area (TPSA) is 63.4 Å². The van der Waals surface area contributed by atoms with Crippen LogP contribution in [0.3, 0.4) is 0 Å². The molecule has 1 aliphatic heterocycles. The smallest absolute Gasteiger partial charge is 0.243 e. The van der Waals surface area contributed by atoms with E-state index < -0.39 is 10.0 Å². The van der Waals surface area contributed by atoms with Crippen molar-refractivity contribution in [2.45, 2.75) is 24.3 Å². The SMILES string of the molecule is CC1CC(CN)CN1S(=O)(=O)c1cc(Cl)cc(Cl)c1. The molecule has 4 nitrogen and oxygen atoms in total. The molecule has 0 radical (unpaired) electrons. The van der Waals surface area contributed by atoms with Crippen LogP contribution in [0.25, 0.3) is 0 Å². The van der Waals surface area contributed by atoms with Crippen LogP contribution >= 0.6 is 23.2 Å². The van der Waals surface area contributed by atoms with E-state index >= 15 is 0 Å². The summed E-state index contributed by atoms with van der Waals surface area (Å²) in [6.45, 7) is 2.83. The first-order valence-corrected chi connectivity index (χ1v) is 8.22. The molecular weight excluding hydrogens is 307 g/mol. The highest BCUT2D eigenvalue weighted by Crippen LogP contribution is 2.31. The van der Waals surface area contributed by atoms with Gasteiger partial charge in [-0.15, -0.1) is 0 Å². The van der Waals surface area contributed by atoms with Crippen LogP contribution in [0.15, 0.2) is 23.1 Å². The Balaban J connectivity index is 2.37. The minimum Gasteiger partial charge on any atom is -0.330 e. The number of hydrogen-bond acceptors (Lipinski definition) is 3. The lowest BCUT2D eigenvalue weighted by Crippen LogP contribution is -2.34. The van der Waals surface area contributed by atoms with Gasteiger partial charge in [0, 0.05) is 22.6 Å². The number of halogens is 2. The zero-order valence-electron chi connectivity index (χ0n) is 10.5. The summed E-state index contributed by atoms with van der Waals surface area (Å²) in [6.07, 6.45) is 0.782. The monoisotopic (exact) mass is 322 g/mol. The molecule has 2 unspecified atom stereocenters. The van der Waals surface area contributed by atoms with E-state index in [1.54, 1.807) is 0 Å². The Bertz CT molecular complexity index is 557. The van der Waals surface area contributed by atoms with Gasteiger partial charge in [-0.2, -0.15) is 4.31 Å². The van der Waals surface area contributed by atoms with Crippen molar-refractivity contribution in [3.8, 4) is 0 Å². The van der Waals surface area contributed by atoms with E-state index in [0.29, 0.717) is 23.1 Å². The third-order valence-corrected chi connectivity index (χ3v) is 5.77. The van der Waals surface area contributed by atoms with E-state index in [1.165, 1.54) is 22.5 Å². The summed E-state index contributed by atoms with van der Waals surface area (Å²) in [5, 5.41) is 0.626. The molecule has 0 bridgehead atoms. The van der Waals surface area contributed by atoms with E-state index in [-0.39, 0.29) is 16.9 Å². The van der Waals surface area contributed by atoms with Crippen molar-refractivity contribution in [2.24, 2.45) is 11.7 Å². The standard InChI is InChI=1S/C12H16Cl2N2O2S/c1-8-2-9(6-15)7-16(8)19(17,18)12-4-10(13)3-11(14)5-12/h3-5,8-9H,2,6-7,15H2,1H3. The lowest BCUT2D eigenvalue weighted by Gasteiger charge is -2.21. The fourth-order valence-corrected chi connectivity index (χ4v) is 4.87. The van der Waals surface area contributed by atoms with E-state index in [9.17, 15) is 8.42 Å². The summed E-state index contributed by atoms with van der Waals surface area (Å²) < 4.78 is 26.6. The average molecular weight is 323 g/mol. The third-order valence-electron chi connectivity index (χ3n) is 3.38. The Hall–Kier alpha value is -0.330. The van der Waals surface area contributed by atoms with Crippen molar-refractivity contribution >= 4 is 33.2 Å². The van der Waals surface area contributed by atoms with Crippen molar-refractivity contribution in [1.82, 2.24) is 4.31 Å². The number of nitrogens with zero attached hydrogens (tertiary/aromatic N) is 1. The Labute approximate surface area is 123 Å². The lowest BCUT2D eigenvalue weighted by atomic mass is 10.1. The predicted molar refractivity (Wildman–Crippen MR) is 77.0 cm³/mol. The zero-order valence-corrected chi connectivity index (χ0v) is 12.8. The number of rotatable bonds is 3. The Kier molecular flexibility index (Phi) is 4.42. The van der Waals surface area contributed by atoms with E-state index in [2.05, 4.69) is 0 Å². The van der Waals surface area contributed by atoms with Crippen molar-refractivity contribution < 1.29 is 8.42 Å². The van der Waals surface area contributed by atoms with Crippen molar-refractivity contribution in [1.29, 1.82) is 0 Å². The molecule has 7 heteroatoms. The fraction of sp³-hybridized carbons (Fsp3) is 0.500. The van der Waals surface area contributed by atoms with Gasteiger partial charge < -0.3 is 5.73 Å². The van der Waals surface area contributed by atoms with E-state index in [0.717, 1.165) is 6.42 Å². The molecule has 0 aromatic heterocycles. The molecule has 1 fully saturated rings. The minimum atomic E-state index is -3.57. The molecule has 1 heterocycles. The lowest BCUT2D eigenvalue weighted by molar-refractivity contribution is 0.404. The Morgan fingerprint density at radius 2 is 1.89 bits per heavy atom. The van der Waals surface area contributed by atoms with Crippen LogP contribution in [0, 0.1) is 5.92 Å². The van der Waals surface area contributed by atoms with Gasteiger partial charge in [0.05, 0.1) is 4.90 Å². The highest BCUT2D eigenvalue weighted by atomic mass is 35.5. The zero-order chi connectivity index (χ0) is 14.2. The maximum absolute atomic E-state index is 12.6. The van der Waals surface area contributed by atoms with Crippen molar-refractivity contribution in [2.75, 3.05) is 13.1 Å². The quantitative estimate of drug-likeness (QED) is 0.929. The van der Waals surface area contributed by atoms with E-state index in [4.69, 9.17) is 28.9 Å². The Morgan fingerprint density at radius 1 is 1.32 bits per heavy atom. The second-order valence-corrected chi connectivity index (χ2v) is 7.63. The molecule has 0 saturated carbocycles. The summed E-state index contributed by atoms with van der Waals surface area (Å²) in [7, 11) is -3.57. The van der Waals surface area contributed by atoms with E-state index in [1.807, 2.05) is 6.92 Å². The normalized spacial score (nSPS) is 24.8. The molecule has 2 atom stereocenters. The molecule has 2 N–H and O–H groups in total. The molecule has 2 rings (SSSR count). The number of hydrogen-bond donors (Lipinski definition) is 1. The number of nitrogens with two attached hydrogens (primary N) is 1. The van der Waals surface area contributed by atoms with Gasteiger partial charge in [-0.3, -0.25) is 0 Å². The average Bonchev–Trinajstić information content (AvgIpc) is 2.70. The van der Waals surface area contributed by atoms with Crippen LogP contribution in [0.4, 0.5) is 0 Å². The summed E-state index contributed by atoms with van der Waals surface area (Å²) >= 11 is 11.7. The van der Waals surface area contributed by atoms with Gasteiger partial charge in [-0.1, -0.05) is 23.2 Å². The largest absolute Gasteiger partial charge is 0.330 e. The first-order valence-electron chi connectivity index (χ1n) is 6.02. The second-order valence-electron chi connectivity index (χ2n) is 4.87. The second kappa shape index (κ2) is 5.58. The van der Waals surface area contributed by atoms with Crippen LogP contribution in [-0.4, -0.2) is 31.9 Å². The van der Waals surface area contributed by atoms with Crippen LogP contribution in [-0.2, 0) is 10.0 Å². The molecule has 1 aromatic rings. The van der Waals surface area contributed by atoms with Gasteiger partial charge in [-0.25, -0.2) is 8.42 Å². The molecule has 0 spiro atoms. The molecule has 19 heavy (non-hydrogen) atoms. The van der Waals surface area contributed by atoms with Gasteiger partial charge in [-0.05, 0) is 44.0 Å². The number of sulfonamides is 1. The fourth-order valence-electron chi connectivity index (χ4n) is 2.43. The summed E-state index contributed by atoms with van der Waals surface area (Å²) in [5.74, 6) is 0.208. The van der Waals surface area contributed by atoms with Gasteiger partial charge in [0.1, 0.15) is 0 Å². The van der Waals surface area contributed by atoms with Crippen LogP contribution in [0.1, 0.15) is 13.3 Å². The molecule has 1 saturated heterocycles. The van der Waals surface area contributed by atoms with Gasteiger partial charge in [0.2, 0.25) is 10.0 Å². The summed E-state index contributed by atoms with van der Waals surface area (Å²) in [5.41, 5.74) is 5.62. The first kappa shape index (κ1) is 15.1. The summed E-state index contributed by atoms with van der Waals surface area (Å²) in [4.78, 5) is 0.134. The van der Waals surface area contributed by atoms with Gasteiger partial charge in [0.25, 0.3) is 0 Å². The molecule has 106 valence electrons. The molecule has 0 aliphatic carbocycles. The van der Waals surface area contributed by atoms with Crippen LogP contribution in [0.5, 0.6) is 0 Å². The first-order chi connectivity index (χ1) is 8.84. The van der Waals surface area contributed by atoms with Gasteiger partial charge >= 0.3 is 0 Å². The minimum absolute atomic E-state index is 0.0590. The van der Waals surface area contributed by atoms with Crippen LogP contribution < -0.4 is 5.73 Å². The van der Waals surface area contributed by atoms with Crippen molar-refractivity contribution in [3.05, 3.63) is 28.2 Å². The Morgan fingerprint density at radius 3 is 2.37 bits per heavy atom. The predicted octanol–water partition coefficient (Wildman–Crippen LogP) is 2.35. The van der Waals surface area contributed by atoms with Crippen LogP contribution in [0.2, 0.25) is 10.0 Å². The third kappa shape index (κ3) is 3.06. The number of benzene rings is 1. The molecule has 1 aromatic carbocycles. The highest BCUT2D eigenvalue weighted by molar-refractivity contribution is 7.89. The molecule has 1 aliphatic rings. The maximum Gasteiger partial charge on any atom is 0.243 e. The maximum atomic E-state index is 12.6. The molecular formula is C12H16Cl2N2O2S. The molecule has 0 amide bonds. The highest BCUT2D eigenvalue weighted by Gasteiger charge is 2.37. The van der Waals surface area contributed by atoms with Gasteiger partial charge in [0.15, 0.2) is 0 Å².